The van der Waals surface area contributed by atoms with E-state index >= 15 is 0 Å². The monoisotopic (exact) mass is 372 g/mol. The van der Waals surface area contributed by atoms with E-state index in [2.05, 4.69) is 52.7 Å². The van der Waals surface area contributed by atoms with E-state index in [1.54, 1.807) is 0 Å². The molecule has 2 aromatic rings. The highest BCUT2D eigenvalue weighted by Crippen LogP contribution is 2.28. The van der Waals surface area contributed by atoms with Crippen LogP contribution >= 0.6 is 36.4 Å². The SMILES string of the molecule is Cl.Cl.Clc1ccccc1CC(c1ccccc1)N1CCNCC1. The third-order valence-electron chi connectivity index (χ3n) is 4.15. The lowest BCUT2D eigenvalue weighted by Crippen LogP contribution is -2.45. The Labute approximate surface area is 156 Å². The molecule has 0 aromatic heterocycles. The largest absolute Gasteiger partial charge is 0.314 e. The molecule has 0 bridgehead atoms. The van der Waals surface area contributed by atoms with E-state index in [9.17, 15) is 0 Å². The molecule has 0 radical (unpaired) electrons. The van der Waals surface area contributed by atoms with Crippen LogP contribution < -0.4 is 5.32 Å². The molecular weight excluding hydrogens is 351 g/mol. The van der Waals surface area contributed by atoms with Crippen LogP contribution in [0.2, 0.25) is 5.02 Å². The predicted molar refractivity (Wildman–Crippen MR) is 103 cm³/mol. The Morgan fingerprint density at radius 2 is 1.52 bits per heavy atom. The van der Waals surface area contributed by atoms with Crippen LogP contribution in [0.3, 0.4) is 0 Å². The number of rotatable bonds is 4. The van der Waals surface area contributed by atoms with E-state index in [4.69, 9.17) is 11.6 Å². The van der Waals surface area contributed by atoms with Gasteiger partial charge in [0.05, 0.1) is 0 Å². The first-order chi connectivity index (χ1) is 10.3. The summed E-state index contributed by atoms with van der Waals surface area (Å²) < 4.78 is 0. The van der Waals surface area contributed by atoms with Gasteiger partial charge in [-0.2, -0.15) is 0 Å². The number of halogens is 3. The first-order valence-corrected chi connectivity index (χ1v) is 7.95. The second-order valence-corrected chi connectivity index (χ2v) is 5.92. The molecule has 0 saturated carbocycles. The van der Waals surface area contributed by atoms with Crippen molar-refractivity contribution in [3.05, 3.63) is 70.7 Å². The molecular formula is C18H23Cl3N2. The smallest absolute Gasteiger partial charge is 0.0438 e. The number of hydrogen-bond acceptors (Lipinski definition) is 2. The van der Waals surface area contributed by atoms with Crippen molar-refractivity contribution in [1.82, 2.24) is 10.2 Å². The van der Waals surface area contributed by atoms with Crippen LogP contribution in [0.25, 0.3) is 0 Å². The van der Waals surface area contributed by atoms with Crippen molar-refractivity contribution in [1.29, 1.82) is 0 Å². The fraction of sp³-hybridized carbons (Fsp3) is 0.333. The summed E-state index contributed by atoms with van der Waals surface area (Å²) in [6, 6.07) is 19.4. The minimum atomic E-state index is 0. The van der Waals surface area contributed by atoms with Crippen LogP contribution in [0.15, 0.2) is 54.6 Å². The van der Waals surface area contributed by atoms with Crippen molar-refractivity contribution in [2.75, 3.05) is 26.2 Å². The summed E-state index contributed by atoms with van der Waals surface area (Å²) in [4.78, 5) is 2.56. The lowest BCUT2D eigenvalue weighted by Gasteiger charge is -2.35. The second-order valence-electron chi connectivity index (χ2n) is 5.51. The number of nitrogens with one attached hydrogen (secondary N) is 1. The van der Waals surface area contributed by atoms with Gasteiger partial charge in [-0.15, -0.1) is 24.8 Å². The maximum Gasteiger partial charge on any atom is 0.0438 e. The number of piperazine rings is 1. The van der Waals surface area contributed by atoms with Crippen LogP contribution in [0.5, 0.6) is 0 Å². The van der Waals surface area contributed by atoms with E-state index in [1.807, 2.05) is 12.1 Å². The highest BCUT2D eigenvalue weighted by molar-refractivity contribution is 6.31. The van der Waals surface area contributed by atoms with Gasteiger partial charge in [0.2, 0.25) is 0 Å². The molecule has 1 atom stereocenters. The Morgan fingerprint density at radius 3 is 2.17 bits per heavy atom. The Morgan fingerprint density at radius 1 is 0.913 bits per heavy atom. The summed E-state index contributed by atoms with van der Waals surface area (Å²) in [6.45, 7) is 4.30. The van der Waals surface area contributed by atoms with Gasteiger partial charge in [-0.1, -0.05) is 60.1 Å². The maximum absolute atomic E-state index is 6.36. The topological polar surface area (TPSA) is 15.3 Å². The highest BCUT2D eigenvalue weighted by Gasteiger charge is 2.22. The Bertz CT molecular complexity index is 571. The summed E-state index contributed by atoms with van der Waals surface area (Å²) in [5.74, 6) is 0. The second kappa shape index (κ2) is 10.2. The molecule has 1 saturated heterocycles. The number of hydrogen-bond donors (Lipinski definition) is 1. The van der Waals surface area contributed by atoms with E-state index < -0.39 is 0 Å². The van der Waals surface area contributed by atoms with Gasteiger partial charge in [0.15, 0.2) is 0 Å². The van der Waals surface area contributed by atoms with Gasteiger partial charge in [0, 0.05) is 37.2 Å². The molecule has 5 heteroatoms. The minimum Gasteiger partial charge on any atom is -0.314 e. The third kappa shape index (κ3) is 5.37. The van der Waals surface area contributed by atoms with Gasteiger partial charge in [-0.05, 0) is 23.6 Å². The number of benzene rings is 2. The summed E-state index contributed by atoms with van der Waals surface area (Å²) in [7, 11) is 0. The molecule has 2 nitrogen and oxygen atoms in total. The van der Waals surface area contributed by atoms with E-state index in [-0.39, 0.29) is 24.8 Å². The molecule has 1 aliphatic rings. The number of nitrogens with zero attached hydrogens (tertiary/aromatic N) is 1. The van der Waals surface area contributed by atoms with Gasteiger partial charge in [0.25, 0.3) is 0 Å². The lowest BCUT2D eigenvalue weighted by molar-refractivity contribution is 0.172. The van der Waals surface area contributed by atoms with Crippen molar-refractivity contribution in [3.8, 4) is 0 Å². The average molecular weight is 374 g/mol. The predicted octanol–water partition coefficient (Wildman–Crippen LogP) is 4.37. The normalized spacial score (nSPS) is 16.0. The van der Waals surface area contributed by atoms with Gasteiger partial charge < -0.3 is 5.32 Å². The molecule has 126 valence electrons. The van der Waals surface area contributed by atoms with Crippen molar-refractivity contribution in [2.45, 2.75) is 12.5 Å². The molecule has 23 heavy (non-hydrogen) atoms. The Balaban J connectivity index is 0.00000132. The fourth-order valence-electron chi connectivity index (χ4n) is 3.00. The molecule has 2 aromatic carbocycles. The van der Waals surface area contributed by atoms with Crippen LogP contribution in [0.4, 0.5) is 0 Å². The third-order valence-corrected chi connectivity index (χ3v) is 4.52. The van der Waals surface area contributed by atoms with Crippen LogP contribution in [-0.4, -0.2) is 31.1 Å². The zero-order chi connectivity index (χ0) is 14.5. The van der Waals surface area contributed by atoms with Gasteiger partial charge in [-0.25, -0.2) is 0 Å². The summed E-state index contributed by atoms with van der Waals surface area (Å²) in [5, 5.41) is 4.30. The average Bonchev–Trinajstić information content (AvgIpc) is 2.56. The molecule has 1 aliphatic heterocycles. The van der Waals surface area contributed by atoms with Crippen molar-refractivity contribution in [3.63, 3.8) is 0 Å². The Kier molecular flexibility index (Phi) is 8.96. The summed E-state index contributed by atoms with van der Waals surface area (Å²) in [6.07, 6.45) is 0.962. The molecule has 1 heterocycles. The first-order valence-electron chi connectivity index (χ1n) is 7.58. The molecule has 0 amide bonds. The molecule has 3 rings (SSSR count). The summed E-state index contributed by atoms with van der Waals surface area (Å²) in [5.41, 5.74) is 2.60. The van der Waals surface area contributed by atoms with Gasteiger partial charge in [0.1, 0.15) is 0 Å². The van der Waals surface area contributed by atoms with Crippen LogP contribution in [0.1, 0.15) is 17.2 Å². The molecule has 1 fully saturated rings. The van der Waals surface area contributed by atoms with E-state index in [0.717, 1.165) is 37.6 Å². The van der Waals surface area contributed by atoms with Crippen molar-refractivity contribution < 1.29 is 0 Å². The summed E-state index contributed by atoms with van der Waals surface area (Å²) >= 11 is 6.36. The Hall–Kier alpha value is -0.770. The minimum absolute atomic E-state index is 0. The quantitative estimate of drug-likeness (QED) is 0.856. The highest BCUT2D eigenvalue weighted by atomic mass is 35.5. The lowest BCUT2D eigenvalue weighted by atomic mass is 9.97. The molecule has 0 spiro atoms. The van der Waals surface area contributed by atoms with Crippen molar-refractivity contribution in [2.24, 2.45) is 0 Å². The standard InChI is InChI=1S/C18H21ClN2.2ClH/c19-17-9-5-4-8-16(17)14-18(15-6-2-1-3-7-15)21-12-10-20-11-13-21;;/h1-9,18,20H,10-14H2;2*1H. The van der Waals surface area contributed by atoms with E-state index in [1.165, 1.54) is 11.1 Å². The molecule has 1 N–H and O–H groups in total. The first kappa shape index (κ1) is 20.3. The maximum atomic E-state index is 6.36. The van der Waals surface area contributed by atoms with Crippen LogP contribution in [-0.2, 0) is 6.42 Å². The van der Waals surface area contributed by atoms with Gasteiger partial charge in [-0.3, -0.25) is 4.90 Å². The van der Waals surface area contributed by atoms with Crippen molar-refractivity contribution >= 4 is 36.4 Å². The molecule has 1 unspecified atom stereocenters. The van der Waals surface area contributed by atoms with Crippen LogP contribution in [0, 0.1) is 0 Å². The van der Waals surface area contributed by atoms with E-state index in [0.29, 0.717) is 6.04 Å². The molecule has 0 aliphatic carbocycles. The van der Waals surface area contributed by atoms with Gasteiger partial charge >= 0.3 is 0 Å². The zero-order valence-electron chi connectivity index (χ0n) is 13.0. The fourth-order valence-corrected chi connectivity index (χ4v) is 3.21. The zero-order valence-corrected chi connectivity index (χ0v) is 15.3.